The Bertz CT molecular complexity index is 739. The molecule has 0 amide bonds. The normalized spacial score (nSPS) is 12.0. The molecule has 0 radical (unpaired) electrons. The first-order valence-electron chi connectivity index (χ1n) is 5.74. The van der Waals surface area contributed by atoms with Gasteiger partial charge in [-0.05, 0) is 18.2 Å². The summed E-state index contributed by atoms with van der Waals surface area (Å²) in [4.78, 5) is 2.88. The minimum atomic E-state index is 0.0816. The van der Waals surface area contributed by atoms with Crippen molar-refractivity contribution >= 4 is 23.3 Å². The molecule has 0 bridgehead atoms. The van der Waals surface area contributed by atoms with E-state index in [0.29, 0.717) is 11.3 Å². The van der Waals surface area contributed by atoms with Crippen LogP contribution in [0.5, 0.6) is 5.88 Å². The minimum absolute atomic E-state index is 0.0816. The summed E-state index contributed by atoms with van der Waals surface area (Å²) in [6.07, 6.45) is 4.58. The Balaban J connectivity index is 1.87. The molecule has 0 aliphatic rings. The summed E-state index contributed by atoms with van der Waals surface area (Å²) < 4.78 is 5.09. The number of nitrogens with one attached hydrogen (secondary N) is 1. The van der Waals surface area contributed by atoms with Crippen molar-refractivity contribution < 1.29 is 9.52 Å². The number of aromatic amines is 1. The predicted molar refractivity (Wildman–Crippen MR) is 73.9 cm³/mol. The van der Waals surface area contributed by atoms with E-state index < -0.39 is 0 Å². The van der Waals surface area contributed by atoms with Gasteiger partial charge in [0.1, 0.15) is 5.76 Å². The number of hydrogen-bond acceptors (Lipinski definition) is 4. The molecule has 5 nitrogen and oxygen atoms in total. The Kier molecular flexibility index (Phi) is 2.86. The van der Waals surface area contributed by atoms with Gasteiger partial charge in [-0.1, -0.05) is 18.2 Å². The van der Waals surface area contributed by atoms with Gasteiger partial charge in [-0.15, -0.1) is 0 Å². The molecule has 2 N–H and O–H groups in total. The summed E-state index contributed by atoms with van der Waals surface area (Å²) in [5.74, 6) is 0.707. The summed E-state index contributed by atoms with van der Waals surface area (Å²) in [6, 6.07) is 11.1. The maximum atomic E-state index is 9.80. The van der Waals surface area contributed by atoms with Crippen molar-refractivity contribution in [1.82, 2.24) is 4.98 Å². The average Bonchev–Trinajstić information content (AvgIpc) is 3.02. The Morgan fingerprint density at radius 2 is 1.89 bits per heavy atom. The van der Waals surface area contributed by atoms with Crippen LogP contribution < -0.4 is 0 Å². The Morgan fingerprint density at radius 1 is 1.05 bits per heavy atom. The van der Waals surface area contributed by atoms with Crippen molar-refractivity contribution in [2.24, 2.45) is 10.2 Å². The number of para-hydroxylation sites is 1. The third-order valence-corrected chi connectivity index (χ3v) is 2.71. The van der Waals surface area contributed by atoms with E-state index in [-0.39, 0.29) is 5.88 Å². The Morgan fingerprint density at radius 3 is 2.74 bits per heavy atom. The van der Waals surface area contributed by atoms with E-state index in [9.17, 15) is 5.11 Å². The summed E-state index contributed by atoms with van der Waals surface area (Å²) in [5, 5.41) is 18.5. The van der Waals surface area contributed by atoms with E-state index in [0.717, 1.165) is 10.9 Å². The summed E-state index contributed by atoms with van der Waals surface area (Å²) >= 11 is 0. The van der Waals surface area contributed by atoms with Crippen LogP contribution in [-0.4, -0.2) is 22.5 Å². The average molecular weight is 253 g/mol. The van der Waals surface area contributed by atoms with Gasteiger partial charge in [0.05, 0.1) is 24.3 Å². The van der Waals surface area contributed by atoms with Gasteiger partial charge in [-0.3, -0.25) is 0 Å². The fourth-order valence-corrected chi connectivity index (χ4v) is 1.83. The highest BCUT2D eigenvalue weighted by molar-refractivity contribution is 6.01. The number of aromatic hydroxyl groups is 1. The van der Waals surface area contributed by atoms with E-state index in [1.807, 2.05) is 24.3 Å². The van der Waals surface area contributed by atoms with Crippen LogP contribution in [-0.2, 0) is 0 Å². The van der Waals surface area contributed by atoms with Crippen LogP contribution in [0.4, 0.5) is 0 Å². The number of nitrogens with zero attached hydrogens (tertiary/aromatic N) is 2. The van der Waals surface area contributed by atoms with Crippen LogP contribution in [0.15, 0.2) is 57.3 Å². The summed E-state index contributed by atoms with van der Waals surface area (Å²) in [7, 11) is 0. The molecule has 19 heavy (non-hydrogen) atoms. The van der Waals surface area contributed by atoms with Gasteiger partial charge in [0.15, 0.2) is 5.88 Å². The third kappa shape index (κ3) is 2.26. The van der Waals surface area contributed by atoms with Gasteiger partial charge < -0.3 is 14.5 Å². The first-order chi connectivity index (χ1) is 9.34. The lowest BCUT2D eigenvalue weighted by Gasteiger charge is -1.89. The van der Waals surface area contributed by atoms with Gasteiger partial charge >= 0.3 is 0 Å². The fourth-order valence-electron chi connectivity index (χ4n) is 1.83. The molecule has 3 rings (SSSR count). The highest BCUT2D eigenvalue weighted by atomic mass is 16.3. The van der Waals surface area contributed by atoms with Crippen molar-refractivity contribution in [2.45, 2.75) is 0 Å². The number of fused-ring (bicyclic) bond motifs is 1. The van der Waals surface area contributed by atoms with E-state index in [1.165, 1.54) is 12.4 Å². The molecule has 3 aromatic rings. The molecule has 0 spiro atoms. The monoisotopic (exact) mass is 253 g/mol. The second kappa shape index (κ2) is 4.81. The van der Waals surface area contributed by atoms with Crippen LogP contribution in [0, 0.1) is 0 Å². The molecule has 5 heteroatoms. The van der Waals surface area contributed by atoms with Gasteiger partial charge in [0.2, 0.25) is 0 Å². The maximum Gasteiger partial charge on any atom is 0.198 e. The minimum Gasteiger partial charge on any atom is -0.494 e. The molecule has 0 aliphatic heterocycles. The lowest BCUT2D eigenvalue weighted by molar-refractivity contribution is 0.457. The van der Waals surface area contributed by atoms with Crippen molar-refractivity contribution in [3.8, 4) is 5.88 Å². The Labute approximate surface area is 108 Å². The zero-order valence-corrected chi connectivity index (χ0v) is 9.95. The van der Waals surface area contributed by atoms with Gasteiger partial charge in [0.25, 0.3) is 0 Å². The van der Waals surface area contributed by atoms with Crippen LogP contribution in [0.1, 0.15) is 11.3 Å². The SMILES string of the molecule is Oc1[nH]c2ccccc2c1/C=N/N=C/c1ccco1. The van der Waals surface area contributed by atoms with E-state index in [1.54, 1.807) is 18.4 Å². The van der Waals surface area contributed by atoms with Crippen LogP contribution in [0.25, 0.3) is 10.9 Å². The highest BCUT2D eigenvalue weighted by Gasteiger charge is 2.07. The second-order valence-electron chi connectivity index (χ2n) is 3.94. The molecule has 0 saturated heterocycles. The van der Waals surface area contributed by atoms with Crippen molar-refractivity contribution in [1.29, 1.82) is 0 Å². The maximum absolute atomic E-state index is 9.80. The molecule has 2 aromatic heterocycles. The molecule has 94 valence electrons. The lowest BCUT2D eigenvalue weighted by Crippen LogP contribution is -1.79. The van der Waals surface area contributed by atoms with Gasteiger partial charge in [-0.25, -0.2) is 0 Å². The molecule has 0 aliphatic carbocycles. The number of aromatic nitrogens is 1. The van der Waals surface area contributed by atoms with Gasteiger partial charge in [-0.2, -0.15) is 10.2 Å². The molecule has 0 saturated carbocycles. The summed E-state index contributed by atoms with van der Waals surface area (Å²) in [6.45, 7) is 0. The zero-order valence-electron chi connectivity index (χ0n) is 9.95. The number of benzene rings is 1. The second-order valence-corrected chi connectivity index (χ2v) is 3.94. The smallest absolute Gasteiger partial charge is 0.198 e. The fraction of sp³-hybridized carbons (Fsp3) is 0. The van der Waals surface area contributed by atoms with Crippen molar-refractivity contribution in [3.63, 3.8) is 0 Å². The van der Waals surface area contributed by atoms with Crippen LogP contribution in [0.3, 0.4) is 0 Å². The number of H-pyrrole nitrogens is 1. The standard InChI is InChI=1S/C14H11N3O2/c18-14-12(11-5-1-2-6-13(11)17-14)9-16-15-8-10-4-3-7-19-10/h1-9,17-18H/b15-8+,16-9+. The first-order valence-corrected chi connectivity index (χ1v) is 5.74. The molecule has 0 unspecified atom stereocenters. The van der Waals surface area contributed by atoms with E-state index >= 15 is 0 Å². The van der Waals surface area contributed by atoms with Crippen molar-refractivity contribution in [3.05, 3.63) is 54.0 Å². The molecule has 0 fully saturated rings. The van der Waals surface area contributed by atoms with Crippen LogP contribution >= 0.6 is 0 Å². The lowest BCUT2D eigenvalue weighted by atomic mass is 10.2. The highest BCUT2D eigenvalue weighted by Crippen LogP contribution is 2.24. The third-order valence-electron chi connectivity index (χ3n) is 2.71. The molecular formula is C14H11N3O2. The number of hydrogen-bond donors (Lipinski definition) is 2. The van der Waals surface area contributed by atoms with Crippen LogP contribution in [0.2, 0.25) is 0 Å². The van der Waals surface area contributed by atoms with E-state index in [4.69, 9.17) is 4.42 Å². The predicted octanol–water partition coefficient (Wildman–Crippen LogP) is 2.92. The quantitative estimate of drug-likeness (QED) is 0.556. The van der Waals surface area contributed by atoms with Gasteiger partial charge in [0, 0.05) is 10.9 Å². The molecular weight excluding hydrogens is 242 g/mol. The number of furan rings is 1. The zero-order chi connectivity index (χ0) is 13.1. The van der Waals surface area contributed by atoms with E-state index in [2.05, 4.69) is 15.2 Å². The Hall–Kier alpha value is -2.82. The largest absolute Gasteiger partial charge is 0.494 e. The number of rotatable bonds is 3. The molecule has 1 aromatic carbocycles. The van der Waals surface area contributed by atoms with Crippen molar-refractivity contribution in [2.75, 3.05) is 0 Å². The topological polar surface area (TPSA) is 73.9 Å². The molecule has 2 heterocycles. The summed E-state index contributed by atoms with van der Waals surface area (Å²) in [5.41, 5.74) is 1.48. The first kappa shape index (κ1) is 11.3. The molecule has 0 atom stereocenters.